The van der Waals surface area contributed by atoms with Crippen LogP contribution in [0.25, 0.3) is 0 Å². The van der Waals surface area contributed by atoms with E-state index in [9.17, 15) is 0 Å². The Bertz CT molecular complexity index is 350. The van der Waals surface area contributed by atoms with Crippen molar-refractivity contribution >= 4 is 6.01 Å². The van der Waals surface area contributed by atoms with Crippen LogP contribution in [0.15, 0.2) is 4.42 Å². The van der Waals surface area contributed by atoms with Gasteiger partial charge in [0.1, 0.15) is 0 Å². The van der Waals surface area contributed by atoms with Gasteiger partial charge in [0.2, 0.25) is 5.89 Å². The third-order valence-corrected chi connectivity index (χ3v) is 3.08. The minimum Gasteiger partial charge on any atom is -0.407 e. The Labute approximate surface area is 108 Å². The van der Waals surface area contributed by atoms with Crippen molar-refractivity contribution in [3.63, 3.8) is 0 Å². The number of hydrogen-bond acceptors (Lipinski definition) is 6. The van der Waals surface area contributed by atoms with Gasteiger partial charge in [0.15, 0.2) is 0 Å². The van der Waals surface area contributed by atoms with E-state index in [4.69, 9.17) is 9.15 Å². The molecule has 1 aliphatic heterocycles. The first-order valence-electron chi connectivity index (χ1n) is 6.73. The second-order valence-corrected chi connectivity index (χ2v) is 4.43. The Balaban J connectivity index is 1.91. The summed E-state index contributed by atoms with van der Waals surface area (Å²) in [4.78, 5) is 2.08. The number of hydrogen-bond donors (Lipinski definition) is 1. The lowest BCUT2D eigenvalue weighted by atomic mass is 10.2. The van der Waals surface area contributed by atoms with E-state index >= 15 is 0 Å². The first-order valence-corrected chi connectivity index (χ1v) is 6.73. The van der Waals surface area contributed by atoms with Crippen LogP contribution in [-0.2, 0) is 11.3 Å². The third kappa shape index (κ3) is 3.43. The van der Waals surface area contributed by atoms with Crippen LogP contribution in [0.4, 0.5) is 6.01 Å². The minimum atomic E-state index is 0.300. The van der Waals surface area contributed by atoms with Gasteiger partial charge >= 0.3 is 6.01 Å². The topological polar surface area (TPSA) is 63.4 Å². The molecule has 1 aliphatic rings. The third-order valence-electron chi connectivity index (χ3n) is 3.08. The predicted octanol–water partition coefficient (Wildman–Crippen LogP) is 1.18. The van der Waals surface area contributed by atoms with E-state index in [1.54, 1.807) is 0 Å². The van der Waals surface area contributed by atoms with Gasteiger partial charge in [-0.2, -0.15) is 0 Å². The van der Waals surface area contributed by atoms with Crippen molar-refractivity contribution in [3.05, 3.63) is 5.89 Å². The maximum atomic E-state index is 5.63. The van der Waals surface area contributed by atoms with Crippen LogP contribution in [0.2, 0.25) is 0 Å². The van der Waals surface area contributed by atoms with E-state index in [0.717, 1.165) is 39.1 Å². The van der Waals surface area contributed by atoms with Crippen LogP contribution in [0, 0.1) is 0 Å². The maximum Gasteiger partial charge on any atom is 0.318 e. The first kappa shape index (κ1) is 13.3. The fraction of sp³-hybridized carbons (Fsp3) is 0.833. The molecule has 0 saturated carbocycles. The standard InChI is InChI=1S/C12H22N4O2/c1-3-13-8-11-14-15-12(18-11)16(4-2)9-10-6-5-7-17-10/h10,13H,3-9H2,1-2H3. The molecule has 2 rings (SSSR count). The quantitative estimate of drug-likeness (QED) is 0.788. The highest BCUT2D eigenvalue weighted by molar-refractivity contribution is 5.24. The fourth-order valence-corrected chi connectivity index (χ4v) is 2.05. The van der Waals surface area contributed by atoms with Crippen molar-refractivity contribution in [2.75, 3.05) is 31.1 Å². The molecule has 6 nitrogen and oxygen atoms in total. The molecule has 0 radical (unpaired) electrons. The molecule has 0 spiro atoms. The Kier molecular flexibility index (Phi) is 4.95. The summed E-state index contributed by atoms with van der Waals surface area (Å²) in [5.74, 6) is 0.637. The van der Waals surface area contributed by atoms with E-state index < -0.39 is 0 Å². The molecule has 0 aliphatic carbocycles. The van der Waals surface area contributed by atoms with Crippen LogP contribution in [0.3, 0.4) is 0 Å². The fourth-order valence-electron chi connectivity index (χ4n) is 2.05. The Morgan fingerprint density at radius 1 is 1.39 bits per heavy atom. The van der Waals surface area contributed by atoms with Crippen molar-refractivity contribution in [2.45, 2.75) is 39.3 Å². The molecule has 1 aromatic heterocycles. The van der Waals surface area contributed by atoms with Crippen molar-refractivity contribution in [1.29, 1.82) is 0 Å². The molecule has 18 heavy (non-hydrogen) atoms. The zero-order valence-corrected chi connectivity index (χ0v) is 11.2. The van der Waals surface area contributed by atoms with E-state index in [1.165, 1.54) is 0 Å². The van der Waals surface area contributed by atoms with Crippen LogP contribution in [0.1, 0.15) is 32.6 Å². The normalized spacial score (nSPS) is 19.3. The number of anilines is 1. The van der Waals surface area contributed by atoms with E-state index in [1.807, 2.05) is 6.92 Å². The average molecular weight is 254 g/mol. The van der Waals surface area contributed by atoms with Gasteiger partial charge in [-0.05, 0) is 26.3 Å². The molecule has 1 saturated heterocycles. The van der Waals surface area contributed by atoms with Crippen molar-refractivity contribution in [1.82, 2.24) is 15.5 Å². The second-order valence-electron chi connectivity index (χ2n) is 4.43. The number of rotatable bonds is 7. The Morgan fingerprint density at radius 2 is 2.28 bits per heavy atom. The van der Waals surface area contributed by atoms with Gasteiger partial charge in [-0.15, -0.1) is 5.10 Å². The smallest absolute Gasteiger partial charge is 0.318 e. The summed E-state index contributed by atoms with van der Waals surface area (Å²) in [6.45, 7) is 8.21. The van der Waals surface area contributed by atoms with Crippen LogP contribution >= 0.6 is 0 Å². The SMILES string of the molecule is CCNCc1nnc(N(CC)CC2CCCO2)o1. The van der Waals surface area contributed by atoms with Gasteiger partial charge in [0.05, 0.1) is 12.6 Å². The van der Waals surface area contributed by atoms with E-state index in [-0.39, 0.29) is 0 Å². The second kappa shape index (κ2) is 6.70. The predicted molar refractivity (Wildman–Crippen MR) is 68.5 cm³/mol. The summed E-state index contributed by atoms with van der Waals surface area (Å²) in [6.07, 6.45) is 2.57. The molecule has 0 aromatic carbocycles. The summed E-state index contributed by atoms with van der Waals surface area (Å²) in [7, 11) is 0. The lowest BCUT2D eigenvalue weighted by molar-refractivity contribution is 0.115. The van der Waals surface area contributed by atoms with Crippen molar-refractivity contribution in [3.8, 4) is 0 Å². The zero-order chi connectivity index (χ0) is 12.8. The van der Waals surface area contributed by atoms with Crippen molar-refractivity contribution in [2.24, 2.45) is 0 Å². The molecule has 6 heteroatoms. The van der Waals surface area contributed by atoms with Gasteiger partial charge in [-0.3, -0.25) is 0 Å². The molecule has 1 N–H and O–H groups in total. The monoisotopic (exact) mass is 254 g/mol. The molecule has 1 fully saturated rings. The van der Waals surface area contributed by atoms with Gasteiger partial charge in [-0.1, -0.05) is 12.0 Å². The highest BCUT2D eigenvalue weighted by Gasteiger charge is 2.21. The lowest BCUT2D eigenvalue weighted by Crippen LogP contribution is -2.32. The highest BCUT2D eigenvalue weighted by atomic mass is 16.5. The molecule has 0 amide bonds. The number of nitrogens with one attached hydrogen (secondary N) is 1. The van der Waals surface area contributed by atoms with Gasteiger partial charge in [0, 0.05) is 19.7 Å². The average Bonchev–Trinajstić information content (AvgIpc) is 3.04. The molecular formula is C12H22N4O2. The Hall–Kier alpha value is -1.14. The lowest BCUT2D eigenvalue weighted by Gasteiger charge is -2.21. The largest absolute Gasteiger partial charge is 0.407 e. The first-order chi connectivity index (χ1) is 8.83. The maximum absolute atomic E-state index is 5.63. The van der Waals surface area contributed by atoms with Gasteiger partial charge in [-0.25, -0.2) is 0 Å². The molecular weight excluding hydrogens is 232 g/mol. The minimum absolute atomic E-state index is 0.300. The van der Waals surface area contributed by atoms with Crippen LogP contribution in [-0.4, -0.2) is 42.5 Å². The van der Waals surface area contributed by atoms with E-state index in [2.05, 4.69) is 27.3 Å². The summed E-state index contributed by atoms with van der Waals surface area (Å²) < 4.78 is 11.3. The zero-order valence-electron chi connectivity index (χ0n) is 11.2. The van der Waals surface area contributed by atoms with Crippen LogP contribution < -0.4 is 10.2 Å². The molecule has 2 heterocycles. The highest BCUT2D eigenvalue weighted by Crippen LogP contribution is 2.18. The van der Waals surface area contributed by atoms with Gasteiger partial charge in [0.25, 0.3) is 0 Å². The molecule has 1 atom stereocenters. The number of ether oxygens (including phenoxy) is 1. The number of aromatic nitrogens is 2. The van der Waals surface area contributed by atoms with Crippen molar-refractivity contribution < 1.29 is 9.15 Å². The van der Waals surface area contributed by atoms with E-state index in [0.29, 0.717) is 24.6 Å². The van der Waals surface area contributed by atoms with Crippen LogP contribution in [0.5, 0.6) is 0 Å². The Morgan fingerprint density at radius 3 is 2.94 bits per heavy atom. The summed E-state index contributed by atoms with van der Waals surface area (Å²) in [6, 6.07) is 0.598. The number of likely N-dealkylation sites (N-methyl/N-ethyl adjacent to an activating group) is 1. The summed E-state index contributed by atoms with van der Waals surface area (Å²) >= 11 is 0. The van der Waals surface area contributed by atoms with Gasteiger partial charge < -0.3 is 19.4 Å². The molecule has 0 bridgehead atoms. The summed E-state index contributed by atoms with van der Waals surface area (Å²) in [5, 5.41) is 11.3. The molecule has 102 valence electrons. The number of nitrogens with zero attached hydrogens (tertiary/aromatic N) is 3. The summed E-state index contributed by atoms with van der Waals surface area (Å²) in [5.41, 5.74) is 0. The molecule has 1 aromatic rings. The molecule has 1 unspecified atom stereocenters.